The first-order valence-electron chi connectivity index (χ1n) is 4.43. The molecule has 1 aromatic carbocycles. The summed E-state index contributed by atoms with van der Waals surface area (Å²) >= 11 is 0. The van der Waals surface area contributed by atoms with Gasteiger partial charge in [-0.05, 0) is 19.1 Å². The van der Waals surface area contributed by atoms with Gasteiger partial charge in [-0.2, -0.15) is 0 Å². The third kappa shape index (κ3) is 0.824. The molecule has 0 spiro atoms. The number of rotatable bonds is 0. The van der Waals surface area contributed by atoms with Crippen LogP contribution in [0.1, 0.15) is 11.3 Å². The molecule has 70 valence electrons. The summed E-state index contributed by atoms with van der Waals surface area (Å²) in [6, 6.07) is 3.82. The van der Waals surface area contributed by atoms with Crippen LogP contribution in [0.2, 0.25) is 0 Å². The van der Waals surface area contributed by atoms with Crippen molar-refractivity contribution < 1.29 is 9.32 Å². The van der Waals surface area contributed by atoms with E-state index in [9.17, 15) is 4.79 Å². The maximum atomic E-state index is 11.2. The highest BCUT2D eigenvalue weighted by Crippen LogP contribution is 2.31. The van der Waals surface area contributed by atoms with Crippen molar-refractivity contribution in [3.8, 4) is 0 Å². The van der Waals surface area contributed by atoms with Crippen molar-refractivity contribution >= 4 is 22.6 Å². The van der Waals surface area contributed by atoms with E-state index < -0.39 is 0 Å². The quantitative estimate of drug-likeness (QED) is 0.683. The molecule has 0 fully saturated rings. The second kappa shape index (κ2) is 2.35. The number of aromatic nitrogens is 1. The molecule has 1 aliphatic heterocycles. The molecule has 14 heavy (non-hydrogen) atoms. The highest BCUT2D eigenvalue weighted by atomic mass is 16.5. The van der Waals surface area contributed by atoms with Gasteiger partial charge < -0.3 is 9.84 Å². The lowest BCUT2D eigenvalue weighted by molar-refractivity contribution is -0.115. The van der Waals surface area contributed by atoms with Crippen molar-refractivity contribution in [1.82, 2.24) is 5.16 Å². The fourth-order valence-corrected chi connectivity index (χ4v) is 1.83. The predicted molar refractivity (Wildman–Crippen MR) is 51.1 cm³/mol. The molecule has 4 nitrogen and oxygen atoms in total. The summed E-state index contributed by atoms with van der Waals surface area (Å²) in [5.41, 5.74) is 3.37. The minimum Gasteiger partial charge on any atom is -0.356 e. The van der Waals surface area contributed by atoms with E-state index in [2.05, 4.69) is 10.5 Å². The largest absolute Gasteiger partial charge is 0.356 e. The SMILES string of the molecule is Cc1noc2c3c(ccc12)NC(=O)C3. The van der Waals surface area contributed by atoms with Crippen LogP contribution in [0.5, 0.6) is 0 Å². The number of hydrogen-bond donors (Lipinski definition) is 1. The fraction of sp³-hybridized carbons (Fsp3) is 0.200. The van der Waals surface area contributed by atoms with Gasteiger partial charge in [0.05, 0.1) is 12.1 Å². The Balaban J connectivity index is 2.39. The van der Waals surface area contributed by atoms with Crippen molar-refractivity contribution in [2.45, 2.75) is 13.3 Å². The summed E-state index contributed by atoms with van der Waals surface area (Å²) in [7, 11) is 0. The van der Waals surface area contributed by atoms with E-state index in [1.54, 1.807) is 0 Å². The molecule has 0 atom stereocenters. The Morgan fingerprint density at radius 1 is 1.50 bits per heavy atom. The molecule has 0 unspecified atom stereocenters. The van der Waals surface area contributed by atoms with Crippen LogP contribution in [-0.2, 0) is 11.2 Å². The minimum atomic E-state index is 0.0153. The van der Waals surface area contributed by atoms with E-state index in [-0.39, 0.29) is 5.91 Å². The van der Waals surface area contributed by atoms with Crippen molar-refractivity contribution in [2.24, 2.45) is 0 Å². The molecule has 0 aliphatic carbocycles. The predicted octanol–water partition coefficient (Wildman–Crippen LogP) is 1.63. The number of carbonyl (C=O) groups excluding carboxylic acids is 1. The second-order valence-electron chi connectivity index (χ2n) is 3.46. The van der Waals surface area contributed by atoms with Crippen LogP contribution in [0.3, 0.4) is 0 Å². The molecule has 0 saturated carbocycles. The number of fused-ring (bicyclic) bond motifs is 3. The summed E-state index contributed by atoms with van der Waals surface area (Å²) in [5.74, 6) is 0.0153. The number of nitrogens with one attached hydrogen (secondary N) is 1. The monoisotopic (exact) mass is 188 g/mol. The van der Waals surface area contributed by atoms with Crippen LogP contribution >= 0.6 is 0 Å². The number of carbonyl (C=O) groups is 1. The summed E-state index contributed by atoms with van der Waals surface area (Å²) in [6.45, 7) is 1.89. The number of aryl methyl sites for hydroxylation is 1. The van der Waals surface area contributed by atoms with Crippen molar-refractivity contribution in [2.75, 3.05) is 5.32 Å². The van der Waals surface area contributed by atoms with E-state index in [1.807, 2.05) is 19.1 Å². The Morgan fingerprint density at radius 3 is 3.21 bits per heavy atom. The van der Waals surface area contributed by atoms with Gasteiger partial charge >= 0.3 is 0 Å². The van der Waals surface area contributed by atoms with Crippen molar-refractivity contribution in [3.05, 3.63) is 23.4 Å². The molecule has 1 amide bonds. The molecule has 1 aromatic heterocycles. The molecule has 1 aliphatic rings. The number of hydrogen-bond acceptors (Lipinski definition) is 3. The molecule has 1 N–H and O–H groups in total. The first kappa shape index (κ1) is 7.55. The normalized spacial score (nSPS) is 14.5. The lowest BCUT2D eigenvalue weighted by Crippen LogP contribution is -2.03. The van der Waals surface area contributed by atoms with Crippen LogP contribution in [0.4, 0.5) is 5.69 Å². The fourth-order valence-electron chi connectivity index (χ4n) is 1.83. The standard InChI is InChI=1S/C10H8N2O2/c1-5-6-2-3-8-7(4-9(13)11-8)10(6)14-12-5/h2-3H,4H2,1H3,(H,11,13). The topological polar surface area (TPSA) is 55.1 Å². The summed E-state index contributed by atoms with van der Waals surface area (Å²) in [5, 5.41) is 7.64. The van der Waals surface area contributed by atoms with Gasteiger partial charge in [0.2, 0.25) is 5.91 Å². The van der Waals surface area contributed by atoms with Crippen LogP contribution in [-0.4, -0.2) is 11.1 Å². The number of benzene rings is 1. The lowest BCUT2D eigenvalue weighted by Gasteiger charge is -1.96. The average molecular weight is 188 g/mol. The molecule has 0 bridgehead atoms. The lowest BCUT2D eigenvalue weighted by atomic mass is 10.1. The van der Waals surface area contributed by atoms with Gasteiger partial charge in [0.15, 0.2) is 5.58 Å². The Morgan fingerprint density at radius 2 is 2.36 bits per heavy atom. The molecule has 2 heterocycles. The van der Waals surface area contributed by atoms with Gasteiger partial charge in [-0.3, -0.25) is 4.79 Å². The molecular formula is C10H8N2O2. The van der Waals surface area contributed by atoms with E-state index >= 15 is 0 Å². The zero-order valence-electron chi connectivity index (χ0n) is 7.63. The van der Waals surface area contributed by atoms with Crippen LogP contribution in [0.15, 0.2) is 16.7 Å². The van der Waals surface area contributed by atoms with Gasteiger partial charge in [0.25, 0.3) is 0 Å². The zero-order valence-corrected chi connectivity index (χ0v) is 7.63. The van der Waals surface area contributed by atoms with Crippen molar-refractivity contribution in [1.29, 1.82) is 0 Å². The third-order valence-corrected chi connectivity index (χ3v) is 2.54. The number of nitrogens with zero attached hydrogens (tertiary/aromatic N) is 1. The van der Waals surface area contributed by atoms with Crippen LogP contribution in [0, 0.1) is 6.92 Å². The summed E-state index contributed by atoms with van der Waals surface area (Å²) in [4.78, 5) is 11.2. The smallest absolute Gasteiger partial charge is 0.229 e. The molecule has 0 radical (unpaired) electrons. The van der Waals surface area contributed by atoms with Gasteiger partial charge in [-0.25, -0.2) is 0 Å². The van der Waals surface area contributed by atoms with Crippen LogP contribution in [0.25, 0.3) is 11.0 Å². The molecule has 0 saturated heterocycles. The van der Waals surface area contributed by atoms with Gasteiger partial charge in [-0.15, -0.1) is 0 Å². The minimum absolute atomic E-state index is 0.0153. The maximum absolute atomic E-state index is 11.2. The van der Waals surface area contributed by atoms with Crippen molar-refractivity contribution in [3.63, 3.8) is 0 Å². The van der Waals surface area contributed by atoms with Gasteiger partial charge in [0.1, 0.15) is 0 Å². The summed E-state index contributed by atoms with van der Waals surface area (Å²) < 4.78 is 5.20. The highest BCUT2D eigenvalue weighted by Gasteiger charge is 2.22. The van der Waals surface area contributed by atoms with E-state index in [1.165, 1.54) is 0 Å². The zero-order chi connectivity index (χ0) is 9.71. The Kier molecular flexibility index (Phi) is 1.27. The summed E-state index contributed by atoms with van der Waals surface area (Å²) in [6.07, 6.45) is 0.390. The Bertz CT molecular complexity index is 542. The highest BCUT2D eigenvalue weighted by molar-refractivity contribution is 6.04. The van der Waals surface area contributed by atoms with E-state index in [4.69, 9.17) is 4.52 Å². The third-order valence-electron chi connectivity index (χ3n) is 2.54. The van der Waals surface area contributed by atoms with E-state index in [0.29, 0.717) is 6.42 Å². The molecular weight excluding hydrogens is 180 g/mol. The Hall–Kier alpha value is -1.84. The molecule has 2 aromatic rings. The number of anilines is 1. The maximum Gasteiger partial charge on any atom is 0.229 e. The Labute approximate surface area is 79.9 Å². The molecule has 3 rings (SSSR count). The van der Waals surface area contributed by atoms with Gasteiger partial charge in [-0.1, -0.05) is 5.16 Å². The first-order valence-corrected chi connectivity index (χ1v) is 4.43. The van der Waals surface area contributed by atoms with Gasteiger partial charge in [0, 0.05) is 16.6 Å². The van der Waals surface area contributed by atoms with E-state index in [0.717, 1.165) is 27.9 Å². The first-order chi connectivity index (χ1) is 6.75. The average Bonchev–Trinajstić information content (AvgIpc) is 2.68. The van der Waals surface area contributed by atoms with Crippen LogP contribution < -0.4 is 5.32 Å². The number of amides is 1. The second-order valence-corrected chi connectivity index (χ2v) is 3.46. The molecule has 4 heteroatoms.